The molecule has 2 aromatic heterocycles. The molecule has 28 heavy (non-hydrogen) atoms. The van der Waals surface area contributed by atoms with E-state index in [1.54, 1.807) is 23.6 Å². The summed E-state index contributed by atoms with van der Waals surface area (Å²) in [5, 5.41) is 10.8. The molecular formula is C20H23N5OS2. The molecule has 0 unspecified atom stereocenters. The van der Waals surface area contributed by atoms with Crippen molar-refractivity contribution in [2.75, 3.05) is 4.90 Å². The van der Waals surface area contributed by atoms with E-state index in [-0.39, 0.29) is 5.91 Å². The molecule has 3 aromatic rings. The average molecular weight is 414 g/mol. The molecule has 1 aliphatic carbocycles. The highest BCUT2D eigenvalue weighted by molar-refractivity contribution is 7.98. The normalized spacial score (nSPS) is 13.7. The van der Waals surface area contributed by atoms with E-state index in [0.717, 1.165) is 33.5 Å². The lowest BCUT2D eigenvalue weighted by Gasteiger charge is -2.23. The Morgan fingerprint density at radius 2 is 1.96 bits per heavy atom. The third-order valence-electron chi connectivity index (χ3n) is 4.70. The minimum absolute atomic E-state index is 0.0355. The number of nitrogens with one attached hydrogen (secondary N) is 1. The van der Waals surface area contributed by atoms with Crippen LogP contribution in [-0.4, -0.2) is 26.1 Å². The van der Waals surface area contributed by atoms with Crippen LogP contribution in [-0.2, 0) is 10.5 Å². The van der Waals surface area contributed by atoms with Crippen LogP contribution in [0.1, 0.15) is 53.9 Å². The van der Waals surface area contributed by atoms with E-state index in [1.807, 2.05) is 19.2 Å². The minimum Gasteiger partial charge on any atom is -0.274 e. The van der Waals surface area contributed by atoms with Gasteiger partial charge in [0.05, 0.1) is 11.4 Å². The predicted octanol–water partition coefficient (Wildman–Crippen LogP) is 5.04. The number of benzene rings is 1. The van der Waals surface area contributed by atoms with Crippen molar-refractivity contribution in [3.63, 3.8) is 0 Å². The van der Waals surface area contributed by atoms with Crippen molar-refractivity contribution in [3.05, 3.63) is 45.7 Å². The van der Waals surface area contributed by atoms with Gasteiger partial charge in [0.2, 0.25) is 11.1 Å². The van der Waals surface area contributed by atoms with Crippen molar-refractivity contribution in [1.82, 2.24) is 20.2 Å². The van der Waals surface area contributed by atoms with Gasteiger partial charge in [0.1, 0.15) is 5.82 Å². The molecule has 0 bridgehead atoms. The lowest BCUT2D eigenvalue weighted by molar-refractivity contribution is -0.115. The Kier molecular flexibility index (Phi) is 5.25. The zero-order valence-corrected chi connectivity index (χ0v) is 18.1. The van der Waals surface area contributed by atoms with E-state index in [0.29, 0.717) is 16.8 Å². The summed E-state index contributed by atoms with van der Waals surface area (Å²) in [6.45, 7) is 7.73. The van der Waals surface area contributed by atoms with Crippen molar-refractivity contribution < 1.29 is 4.79 Å². The number of carbonyl (C=O) groups is 1. The van der Waals surface area contributed by atoms with E-state index < -0.39 is 0 Å². The molecule has 1 N–H and O–H groups in total. The number of anilines is 2. The van der Waals surface area contributed by atoms with Gasteiger partial charge in [-0.15, -0.1) is 16.4 Å². The van der Waals surface area contributed by atoms with Crippen LogP contribution in [0.25, 0.3) is 0 Å². The molecule has 0 aliphatic heterocycles. The molecular weight excluding hydrogens is 390 g/mol. The highest BCUT2D eigenvalue weighted by atomic mass is 32.2. The number of aromatic amines is 1. The molecule has 0 atom stereocenters. The van der Waals surface area contributed by atoms with Crippen LogP contribution in [0.3, 0.4) is 0 Å². The van der Waals surface area contributed by atoms with Gasteiger partial charge in [0.25, 0.3) is 0 Å². The fourth-order valence-electron chi connectivity index (χ4n) is 3.38. The zero-order chi connectivity index (χ0) is 19.8. The van der Waals surface area contributed by atoms with E-state index in [4.69, 9.17) is 4.98 Å². The van der Waals surface area contributed by atoms with E-state index >= 15 is 0 Å². The number of hydrogen-bond acceptors (Lipinski definition) is 6. The number of thioether (sulfide) groups is 1. The highest BCUT2D eigenvalue weighted by Gasteiger charge is 2.27. The summed E-state index contributed by atoms with van der Waals surface area (Å²) >= 11 is 3.05. The molecule has 6 nitrogen and oxygen atoms in total. The summed E-state index contributed by atoms with van der Waals surface area (Å²) in [6, 6.07) is 4.20. The Morgan fingerprint density at radius 3 is 2.61 bits per heavy atom. The van der Waals surface area contributed by atoms with Crippen LogP contribution in [0.15, 0.2) is 22.7 Å². The van der Waals surface area contributed by atoms with Gasteiger partial charge in [-0.05, 0) is 44.7 Å². The van der Waals surface area contributed by atoms with Gasteiger partial charge in [0.15, 0.2) is 5.13 Å². The zero-order valence-electron chi connectivity index (χ0n) is 16.4. The van der Waals surface area contributed by atoms with Crippen molar-refractivity contribution in [3.8, 4) is 0 Å². The largest absolute Gasteiger partial charge is 0.274 e. The maximum atomic E-state index is 12.5. The minimum atomic E-state index is -0.0355. The number of aromatic nitrogens is 4. The molecule has 1 aromatic carbocycles. The number of thiazole rings is 1. The van der Waals surface area contributed by atoms with Crippen LogP contribution in [0.5, 0.6) is 0 Å². The van der Waals surface area contributed by atoms with Crippen molar-refractivity contribution in [2.24, 2.45) is 0 Å². The summed E-state index contributed by atoms with van der Waals surface area (Å²) in [7, 11) is 0. The summed E-state index contributed by atoms with van der Waals surface area (Å²) in [6.07, 6.45) is 2.40. The molecule has 0 spiro atoms. The molecule has 1 fully saturated rings. The van der Waals surface area contributed by atoms with Crippen LogP contribution in [0.4, 0.5) is 10.8 Å². The Morgan fingerprint density at radius 1 is 1.25 bits per heavy atom. The van der Waals surface area contributed by atoms with E-state index in [9.17, 15) is 4.79 Å². The SMILES string of the molecule is CC(=O)N(c1nc(CSc2n[nH]c(C3CC3)n2)cs1)c1c(C)cc(C)cc1C. The van der Waals surface area contributed by atoms with Crippen LogP contribution >= 0.6 is 23.1 Å². The molecule has 8 heteroatoms. The molecule has 0 radical (unpaired) electrons. The fourth-order valence-corrected chi connectivity index (χ4v) is 5.05. The van der Waals surface area contributed by atoms with Gasteiger partial charge in [-0.1, -0.05) is 29.5 Å². The molecule has 1 aliphatic rings. The Bertz CT molecular complexity index is 998. The third kappa shape index (κ3) is 3.98. The van der Waals surface area contributed by atoms with Gasteiger partial charge in [-0.2, -0.15) is 0 Å². The number of rotatable bonds is 6. The lowest BCUT2D eigenvalue weighted by atomic mass is 10.0. The summed E-state index contributed by atoms with van der Waals surface area (Å²) in [5.74, 6) is 2.20. The maximum absolute atomic E-state index is 12.5. The second-order valence-electron chi connectivity index (χ2n) is 7.29. The van der Waals surface area contributed by atoms with Gasteiger partial charge < -0.3 is 0 Å². The summed E-state index contributed by atoms with van der Waals surface area (Å²) in [4.78, 5) is 23.4. The average Bonchev–Trinajstić information content (AvgIpc) is 3.19. The first kappa shape index (κ1) is 19.1. The Balaban J connectivity index is 1.53. The third-order valence-corrected chi connectivity index (χ3v) is 6.46. The van der Waals surface area contributed by atoms with Crippen LogP contribution < -0.4 is 4.90 Å². The number of carbonyl (C=O) groups excluding carboxylic acids is 1. The smallest absolute Gasteiger partial charge is 0.230 e. The predicted molar refractivity (Wildman–Crippen MR) is 114 cm³/mol. The maximum Gasteiger partial charge on any atom is 0.230 e. The first-order valence-corrected chi connectivity index (χ1v) is 11.2. The van der Waals surface area contributed by atoms with Crippen LogP contribution in [0, 0.1) is 20.8 Å². The van der Waals surface area contributed by atoms with Gasteiger partial charge >= 0.3 is 0 Å². The van der Waals surface area contributed by atoms with Crippen molar-refractivity contribution >= 4 is 39.8 Å². The van der Waals surface area contributed by atoms with Crippen molar-refractivity contribution in [1.29, 1.82) is 0 Å². The van der Waals surface area contributed by atoms with E-state index in [2.05, 4.69) is 34.2 Å². The van der Waals surface area contributed by atoms with Gasteiger partial charge in [0, 0.05) is 24.0 Å². The number of nitrogens with zero attached hydrogens (tertiary/aromatic N) is 4. The van der Waals surface area contributed by atoms with Gasteiger partial charge in [-0.3, -0.25) is 14.8 Å². The topological polar surface area (TPSA) is 74.8 Å². The number of aryl methyl sites for hydroxylation is 3. The monoisotopic (exact) mass is 413 g/mol. The quantitative estimate of drug-likeness (QED) is 0.573. The summed E-state index contributed by atoms with van der Waals surface area (Å²) < 4.78 is 0. The van der Waals surface area contributed by atoms with E-state index in [1.165, 1.54) is 29.7 Å². The number of amides is 1. The molecule has 1 saturated carbocycles. The standard InChI is InChI=1S/C20H23N5OS2/c1-11-7-12(2)17(13(3)8-11)25(14(4)26)20-21-16(10-28-20)9-27-19-22-18(23-24-19)15-5-6-15/h7-8,10,15H,5-6,9H2,1-4H3,(H,22,23,24). The second-order valence-corrected chi connectivity index (χ2v) is 9.07. The van der Waals surface area contributed by atoms with Crippen molar-refractivity contribution in [2.45, 2.75) is 57.4 Å². The van der Waals surface area contributed by atoms with Crippen LogP contribution in [0.2, 0.25) is 0 Å². The van der Waals surface area contributed by atoms with Gasteiger partial charge in [-0.25, -0.2) is 9.97 Å². The molecule has 2 heterocycles. The Labute approximate surface area is 172 Å². The Hall–Kier alpha value is -2.19. The lowest BCUT2D eigenvalue weighted by Crippen LogP contribution is -2.24. The molecule has 0 saturated heterocycles. The highest BCUT2D eigenvalue weighted by Crippen LogP contribution is 2.39. The number of hydrogen-bond donors (Lipinski definition) is 1. The summed E-state index contributed by atoms with van der Waals surface area (Å²) in [5.41, 5.74) is 5.20. The second kappa shape index (κ2) is 7.67. The molecule has 146 valence electrons. The molecule has 4 rings (SSSR count). The molecule has 1 amide bonds. The first-order valence-electron chi connectivity index (χ1n) is 9.30. The fraction of sp³-hybridized carbons (Fsp3) is 0.400. The first-order chi connectivity index (χ1) is 13.4. The number of H-pyrrole nitrogens is 1.